The molecule has 0 heterocycles. The molecule has 1 N–H and O–H groups in total. The van der Waals surface area contributed by atoms with Gasteiger partial charge in [-0.25, -0.2) is 4.72 Å². The first-order valence-corrected chi connectivity index (χ1v) is 7.07. The smallest absolute Gasteiger partial charge is 0.268 e. The third kappa shape index (κ3) is 3.72. The number of nitrogens with one attached hydrogen (secondary N) is 1. The van der Waals surface area contributed by atoms with Crippen LogP contribution in [0.15, 0.2) is 24.3 Å². The van der Waals surface area contributed by atoms with Gasteiger partial charge in [-0.3, -0.25) is 4.79 Å². The summed E-state index contributed by atoms with van der Waals surface area (Å²) >= 11 is 0. The van der Waals surface area contributed by atoms with Gasteiger partial charge in [-0.1, -0.05) is 32.9 Å². The van der Waals surface area contributed by atoms with Crippen molar-refractivity contribution in [2.75, 3.05) is 0 Å². The van der Waals surface area contributed by atoms with Crippen molar-refractivity contribution in [3.63, 3.8) is 0 Å². The zero-order valence-corrected chi connectivity index (χ0v) is 11.9. The average molecular weight is 309 g/mol. The molecule has 0 aliphatic heterocycles. The molecule has 0 saturated heterocycles. The Balaban J connectivity index is 3.07. The summed E-state index contributed by atoms with van der Waals surface area (Å²) in [6, 6.07) is 5.79. The Kier molecular flexibility index (Phi) is 4.19. The van der Waals surface area contributed by atoms with Crippen molar-refractivity contribution < 1.29 is 26.4 Å². The lowest BCUT2D eigenvalue weighted by atomic mass is 9.86. The first kappa shape index (κ1) is 16.5. The molecule has 0 atom stereocenters. The van der Waals surface area contributed by atoms with Crippen molar-refractivity contribution in [1.82, 2.24) is 4.72 Å². The lowest BCUT2D eigenvalue weighted by molar-refractivity contribution is -0.0446. The van der Waals surface area contributed by atoms with Gasteiger partial charge in [0, 0.05) is 5.56 Å². The highest BCUT2D eigenvalue weighted by molar-refractivity contribution is 7.90. The van der Waals surface area contributed by atoms with Crippen LogP contribution in [-0.2, 0) is 15.4 Å². The minimum Gasteiger partial charge on any atom is -0.268 e. The van der Waals surface area contributed by atoms with Crippen molar-refractivity contribution in [3.8, 4) is 0 Å². The molecule has 0 unspecified atom stereocenters. The van der Waals surface area contributed by atoms with E-state index in [0.717, 1.165) is 4.72 Å². The lowest BCUT2D eigenvalue weighted by Gasteiger charge is -2.19. The fraction of sp³-hybridized carbons (Fsp3) is 0.417. The molecule has 0 aliphatic rings. The van der Waals surface area contributed by atoms with E-state index in [-0.39, 0.29) is 11.0 Å². The summed E-state index contributed by atoms with van der Waals surface area (Å²) in [7, 11) is -5.69. The predicted molar refractivity (Wildman–Crippen MR) is 67.6 cm³/mol. The Morgan fingerprint density at radius 1 is 1.15 bits per heavy atom. The number of halogens is 3. The minimum atomic E-state index is -5.69. The van der Waals surface area contributed by atoms with Crippen LogP contribution in [0.25, 0.3) is 0 Å². The molecule has 0 aromatic heterocycles. The van der Waals surface area contributed by atoms with E-state index in [4.69, 9.17) is 0 Å². The van der Waals surface area contributed by atoms with E-state index in [9.17, 15) is 26.4 Å². The normalized spacial score (nSPS) is 13.1. The highest BCUT2D eigenvalue weighted by Crippen LogP contribution is 2.24. The highest BCUT2D eigenvalue weighted by Gasteiger charge is 2.47. The first-order valence-electron chi connectivity index (χ1n) is 5.58. The number of alkyl halides is 3. The summed E-state index contributed by atoms with van der Waals surface area (Å²) in [6.07, 6.45) is 0. The average Bonchev–Trinajstić information content (AvgIpc) is 2.26. The van der Waals surface area contributed by atoms with Gasteiger partial charge < -0.3 is 0 Å². The number of hydrogen-bond donors (Lipinski definition) is 1. The molecule has 0 bridgehead atoms. The third-order valence-corrected chi connectivity index (χ3v) is 3.59. The minimum absolute atomic E-state index is 0.148. The van der Waals surface area contributed by atoms with E-state index < -0.39 is 21.4 Å². The van der Waals surface area contributed by atoms with E-state index in [1.807, 2.05) is 20.8 Å². The van der Waals surface area contributed by atoms with Crippen LogP contribution < -0.4 is 4.72 Å². The summed E-state index contributed by atoms with van der Waals surface area (Å²) in [6.45, 7) is 5.57. The van der Waals surface area contributed by atoms with Crippen LogP contribution in [0.2, 0.25) is 0 Å². The first-order chi connectivity index (χ1) is 8.84. The second kappa shape index (κ2) is 5.08. The summed E-state index contributed by atoms with van der Waals surface area (Å²) < 4.78 is 59.2. The SMILES string of the molecule is CC(C)(C)c1cccc(C(=O)NS(=O)(=O)C(F)(F)F)c1. The zero-order valence-electron chi connectivity index (χ0n) is 11.1. The second-order valence-electron chi connectivity index (χ2n) is 5.21. The van der Waals surface area contributed by atoms with Gasteiger partial charge in [0.1, 0.15) is 0 Å². The molecule has 20 heavy (non-hydrogen) atoms. The number of carbonyl (C=O) groups is 1. The fourth-order valence-corrected chi connectivity index (χ4v) is 1.84. The maximum atomic E-state index is 12.2. The number of benzene rings is 1. The predicted octanol–water partition coefficient (Wildman–Crippen LogP) is 2.56. The van der Waals surface area contributed by atoms with Gasteiger partial charge in [0.05, 0.1) is 0 Å². The highest BCUT2D eigenvalue weighted by atomic mass is 32.2. The van der Waals surface area contributed by atoms with Crippen molar-refractivity contribution in [2.45, 2.75) is 31.7 Å². The Bertz CT molecular complexity index is 616. The zero-order chi connectivity index (χ0) is 15.8. The molecule has 0 fully saturated rings. The molecule has 0 aliphatic carbocycles. The summed E-state index contributed by atoms with van der Waals surface area (Å²) in [5.74, 6) is -1.31. The molecule has 1 amide bonds. The number of sulfonamides is 1. The number of amides is 1. The maximum absolute atomic E-state index is 12.2. The lowest BCUT2D eigenvalue weighted by Crippen LogP contribution is -2.40. The topological polar surface area (TPSA) is 63.2 Å². The monoisotopic (exact) mass is 309 g/mol. The maximum Gasteiger partial charge on any atom is 0.516 e. The molecule has 1 aromatic rings. The van der Waals surface area contributed by atoms with E-state index >= 15 is 0 Å². The molecule has 0 spiro atoms. The molecule has 4 nitrogen and oxygen atoms in total. The van der Waals surface area contributed by atoms with Crippen LogP contribution in [0, 0.1) is 0 Å². The molecular formula is C12H14F3NO3S. The number of hydrogen-bond acceptors (Lipinski definition) is 3. The largest absolute Gasteiger partial charge is 0.516 e. The quantitative estimate of drug-likeness (QED) is 0.913. The van der Waals surface area contributed by atoms with E-state index in [2.05, 4.69) is 0 Å². The van der Waals surface area contributed by atoms with Gasteiger partial charge in [0.15, 0.2) is 0 Å². The van der Waals surface area contributed by atoms with E-state index in [0.29, 0.717) is 5.56 Å². The van der Waals surface area contributed by atoms with Crippen molar-refractivity contribution >= 4 is 15.9 Å². The number of carbonyl (C=O) groups excluding carboxylic acids is 1. The molecule has 1 aromatic carbocycles. The summed E-state index contributed by atoms with van der Waals surface area (Å²) in [5.41, 5.74) is -5.29. The van der Waals surface area contributed by atoms with Crippen LogP contribution in [0.3, 0.4) is 0 Å². The Morgan fingerprint density at radius 3 is 2.15 bits per heavy atom. The second-order valence-corrected chi connectivity index (χ2v) is 6.89. The van der Waals surface area contributed by atoms with Gasteiger partial charge in [-0.05, 0) is 23.1 Å². The summed E-state index contributed by atoms with van der Waals surface area (Å²) in [5, 5.41) is 0. The van der Waals surface area contributed by atoms with Crippen LogP contribution in [0.5, 0.6) is 0 Å². The van der Waals surface area contributed by atoms with Gasteiger partial charge in [-0.2, -0.15) is 21.6 Å². The number of rotatable bonds is 2. The Hall–Kier alpha value is -1.57. The Morgan fingerprint density at radius 2 is 1.70 bits per heavy atom. The van der Waals surface area contributed by atoms with E-state index in [1.165, 1.54) is 18.2 Å². The fourth-order valence-electron chi connectivity index (χ4n) is 1.37. The molecule has 1 rings (SSSR count). The molecular weight excluding hydrogens is 295 g/mol. The molecule has 0 saturated carbocycles. The van der Waals surface area contributed by atoms with Crippen molar-refractivity contribution in [3.05, 3.63) is 35.4 Å². The third-order valence-electron chi connectivity index (χ3n) is 2.52. The van der Waals surface area contributed by atoms with Crippen LogP contribution in [0.1, 0.15) is 36.7 Å². The molecule has 112 valence electrons. The molecule has 0 radical (unpaired) electrons. The van der Waals surface area contributed by atoms with Gasteiger partial charge >= 0.3 is 15.5 Å². The Labute approximate surface area is 115 Å². The summed E-state index contributed by atoms with van der Waals surface area (Å²) in [4.78, 5) is 11.6. The molecule has 8 heteroatoms. The van der Waals surface area contributed by atoms with Crippen LogP contribution in [0.4, 0.5) is 13.2 Å². The van der Waals surface area contributed by atoms with Gasteiger partial charge in [0.2, 0.25) is 0 Å². The van der Waals surface area contributed by atoms with Gasteiger partial charge in [-0.15, -0.1) is 0 Å². The van der Waals surface area contributed by atoms with Crippen LogP contribution >= 0.6 is 0 Å². The van der Waals surface area contributed by atoms with Crippen LogP contribution in [-0.4, -0.2) is 19.8 Å². The standard InChI is InChI=1S/C12H14F3NO3S/c1-11(2,3)9-6-4-5-8(7-9)10(17)16-20(18,19)12(13,14)15/h4-7H,1-3H3,(H,16,17). The van der Waals surface area contributed by atoms with Crippen molar-refractivity contribution in [2.24, 2.45) is 0 Å². The van der Waals surface area contributed by atoms with E-state index in [1.54, 1.807) is 6.07 Å². The van der Waals surface area contributed by atoms with Crippen molar-refractivity contribution in [1.29, 1.82) is 0 Å². The van der Waals surface area contributed by atoms with Gasteiger partial charge in [0.25, 0.3) is 5.91 Å².